The van der Waals surface area contributed by atoms with Crippen LogP contribution in [0.2, 0.25) is 0 Å². The van der Waals surface area contributed by atoms with Crippen LogP contribution in [0.1, 0.15) is 39.5 Å². The first-order chi connectivity index (χ1) is 12.1. The van der Waals surface area contributed by atoms with Crippen LogP contribution in [0.25, 0.3) is 0 Å². The van der Waals surface area contributed by atoms with Gasteiger partial charge in [-0.15, -0.1) is 0 Å². The second-order valence-corrected chi connectivity index (χ2v) is 6.33. The van der Waals surface area contributed by atoms with Gasteiger partial charge in [-0.1, -0.05) is 26.0 Å². The lowest BCUT2D eigenvalue weighted by Gasteiger charge is -2.52. The summed E-state index contributed by atoms with van der Waals surface area (Å²) in [5.74, 6) is -4.58. The van der Waals surface area contributed by atoms with E-state index in [1.54, 1.807) is 0 Å². The van der Waals surface area contributed by atoms with Crippen LogP contribution in [0.15, 0.2) is 25.3 Å². The molecule has 8 nitrogen and oxygen atoms in total. The average Bonchev–Trinajstić information content (AvgIpc) is 2.60. The molecule has 2 N–H and O–H groups in total. The third-order valence-electron chi connectivity index (χ3n) is 5.26. The summed E-state index contributed by atoms with van der Waals surface area (Å²) in [6.07, 6.45) is -0.0546. The predicted molar refractivity (Wildman–Crippen MR) is 90.1 cm³/mol. The Bertz CT molecular complexity index is 571. The maximum Gasteiger partial charge on any atom is 0.330 e. The molecule has 1 aliphatic rings. The van der Waals surface area contributed by atoms with Crippen molar-refractivity contribution in [3.8, 4) is 0 Å². The van der Waals surface area contributed by atoms with Gasteiger partial charge in [0.05, 0.1) is 0 Å². The maximum atomic E-state index is 12.3. The van der Waals surface area contributed by atoms with Gasteiger partial charge < -0.3 is 19.7 Å². The van der Waals surface area contributed by atoms with Crippen LogP contribution < -0.4 is 0 Å². The smallest absolute Gasteiger partial charge is 0.330 e. The highest BCUT2D eigenvalue weighted by Gasteiger charge is 2.69. The largest absolute Gasteiger partial charge is 0.481 e. The quantitative estimate of drug-likeness (QED) is 0.491. The zero-order valence-electron chi connectivity index (χ0n) is 14.9. The minimum Gasteiger partial charge on any atom is -0.481 e. The fourth-order valence-corrected chi connectivity index (χ4v) is 3.97. The van der Waals surface area contributed by atoms with E-state index in [0.29, 0.717) is 12.8 Å². The van der Waals surface area contributed by atoms with E-state index in [1.807, 2.05) is 0 Å². The van der Waals surface area contributed by atoms with Crippen LogP contribution in [-0.4, -0.2) is 46.3 Å². The molecular weight excluding hydrogens is 344 g/mol. The number of esters is 2. The molecule has 4 unspecified atom stereocenters. The van der Waals surface area contributed by atoms with Gasteiger partial charge >= 0.3 is 23.9 Å². The van der Waals surface area contributed by atoms with Crippen molar-refractivity contribution in [2.45, 2.75) is 51.7 Å². The number of aliphatic carboxylic acids is 2. The van der Waals surface area contributed by atoms with Gasteiger partial charge in [-0.3, -0.25) is 9.59 Å². The summed E-state index contributed by atoms with van der Waals surface area (Å²) in [5.41, 5.74) is -3.95. The molecule has 0 radical (unpaired) electrons. The second kappa shape index (κ2) is 8.16. The number of ether oxygens (including phenoxy) is 2. The predicted octanol–water partition coefficient (Wildman–Crippen LogP) is 1.94. The van der Waals surface area contributed by atoms with Gasteiger partial charge in [-0.2, -0.15) is 0 Å². The molecular formula is C18H24O8. The highest BCUT2D eigenvalue weighted by molar-refractivity contribution is 5.90. The summed E-state index contributed by atoms with van der Waals surface area (Å²) < 4.78 is 10.3. The normalized spacial score (nSPS) is 27.5. The maximum absolute atomic E-state index is 12.3. The molecule has 8 heteroatoms. The molecule has 1 aliphatic carbocycles. The van der Waals surface area contributed by atoms with Crippen molar-refractivity contribution in [3.63, 3.8) is 0 Å². The van der Waals surface area contributed by atoms with E-state index in [4.69, 9.17) is 9.47 Å². The van der Waals surface area contributed by atoms with Crippen molar-refractivity contribution >= 4 is 23.9 Å². The zero-order valence-corrected chi connectivity index (χ0v) is 14.9. The summed E-state index contributed by atoms with van der Waals surface area (Å²) in [7, 11) is 0. The Morgan fingerprint density at radius 1 is 0.846 bits per heavy atom. The van der Waals surface area contributed by atoms with Crippen molar-refractivity contribution in [2.75, 3.05) is 0 Å². The number of carbonyl (C=O) groups excluding carboxylic acids is 2. The molecule has 0 spiro atoms. The summed E-state index contributed by atoms with van der Waals surface area (Å²) in [6, 6.07) is 0. The van der Waals surface area contributed by atoms with Gasteiger partial charge in [0.2, 0.25) is 0 Å². The molecule has 0 saturated heterocycles. The first kappa shape index (κ1) is 21.4. The highest BCUT2D eigenvalue weighted by atomic mass is 16.6. The monoisotopic (exact) mass is 368 g/mol. The van der Waals surface area contributed by atoms with Crippen LogP contribution in [0.5, 0.6) is 0 Å². The van der Waals surface area contributed by atoms with Crippen LogP contribution in [-0.2, 0) is 28.7 Å². The second-order valence-electron chi connectivity index (χ2n) is 6.33. The standard InChI is InChI=1S/C18H24O8/c1-5-13(19)25-11(3)17(15(21)22)9-7-8-10-18(17,16(23)24)12(4)26-14(20)6-2/h5-6,11-12H,1-2,7-10H2,3-4H3,(H,21,22)(H,23,24). The average molecular weight is 368 g/mol. The number of hydrogen-bond acceptors (Lipinski definition) is 6. The van der Waals surface area contributed by atoms with Gasteiger partial charge in [0, 0.05) is 12.2 Å². The molecule has 1 fully saturated rings. The summed E-state index contributed by atoms with van der Waals surface area (Å²) in [6.45, 7) is 9.20. The third-order valence-corrected chi connectivity index (χ3v) is 5.26. The van der Waals surface area contributed by atoms with E-state index < -0.39 is 46.9 Å². The summed E-state index contributed by atoms with van der Waals surface area (Å²) in [5, 5.41) is 20.1. The minimum absolute atomic E-state index is 0.0454. The Labute approximate surface area is 151 Å². The number of carboxylic acid groups (broad SMARTS) is 2. The molecule has 0 aromatic heterocycles. The molecule has 1 saturated carbocycles. The van der Waals surface area contributed by atoms with Gasteiger partial charge in [-0.05, 0) is 26.7 Å². The van der Waals surface area contributed by atoms with E-state index in [-0.39, 0.29) is 12.8 Å². The topological polar surface area (TPSA) is 127 Å². The zero-order chi connectivity index (χ0) is 20.1. The van der Waals surface area contributed by atoms with Crippen molar-refractivity contribution in [1.82, 2.24) is 0 Å². The van der Waals surface area contributed by atoms with E-state index in [0.717, 1.165) is 12.2 Å². The first-order valence-corrected chi connectivity index (χ1v) is 8.23. The number of carboxylic acids is 2. The van der Waals surface area contributed by atoms with E-state index >= 15 is 0 Å². The van der Waals surface area contributed by atoms with Gasteiger partial charge in [-0.25, -0.2) is 9.59 Å². The van der Waals surface area contributed by atoms with E-state index in [1.165, 1.54) is 13.8 Å². The highest BCUT2D eigenvalue weighted by Crippen LogP contribution is 2.57. The SMILES string of the molecule is C=CC(=O)OC(C)C1(C(=O)O)CCCCC1(C(=O)O)C(C)OC(=O)C=C. The lowest BCUT2D eigenvalue weighted by atomic mass is 9.51. The van der Waals surface area contributed by atoms with Crippen LogP contribution in [0.3, 0.4) is 0 Å². The fraction of sp³-hybridized carbons (Fsp3) is 0.556. The van der Waals surface area contributed by atoms with Crippen LogP contribution >= 0.6 is 0 Å². The Balaban J connectivity index is 3.58. The Kier molecular flexibility index (Phi) is 6.72. The van der Waals surface area contributed by atoms with Crippen molar-refractivity contribution in [3.05, 3.63) is 25.3 Å². The fourth-order valence-electron chi connectivity index (χ4n) is 3.97. The molecule has 0 heterocycles. The van der Waals surface area contributed by atoms with Crippen molar-refractivity contribution in [2.24, 2.45) is 10.8 Å². The molecule has 26 heavy (non-hydrogen) atoms. The van der Waals surface area contributed by atoms with Crippen molar-refractivity contribution in [1.29, 1.82) is 0 Å². The Morgan fingerprint density at radius 2 is 1.15 bits per heavy atom. The number of carbonyl (C=O) groups is 4. The Morgan fingerprint density at radius 3 is 1.38 bits per heavy atom. The minimum atomic E-state index is -1.98. The lowest BCUT2D eigenvalue weighted by Crippen LogP contribution is -2.65. The van der Waals surface area contributed by atoms with Gasteiger partial charge in [0.25, 0.3) is 0 Å². The first-order valence-electron chi connectivity index (χ1n) is 8.23. The summed E-state index contributed by atoms with van der Waals surface area (Å²) in [4.78, 5) is 47.9. The molecule has 144 valence electrons. The molecule has 0 aliphatic heterocycles. The third kappa shape index (κ3) is 3.36. The molecule has 0 amide bonds. The Hall–Kier alpha value is -2.64. The van der Waals surface area contributed by atoms with Crippen molar-refractivity contribution < 1.29 is 38.9 Å². The molecule has 0 aromatic carbocycles. The van der Waals surface area contributed by atoms with Gasteiger partial charge in [0.15, 0.2) is 0 Å². The van der Waals surface area contributed by atoms with Crippen LogP contribution in [0, 0.1) is 10.8 Å². The van der Waals surface area contributed by atoms with Crippen LogP contribution in [0.4, 0.5) is 0 Å². The number of rotatable bonds is 8. The van der Waals surface area contributed by atoms with E-state index in [2.05, 4.69) is 13.2 Å². The molecule has 0 bridgehead atoms. The number of hydrogen-bond donors (Lipinski definition) is 2. The van der Waals surface area contributed by atoms with Gasteiger partial charge in [0.1, 0.15) is 23.0 Å². The lowest BCUT2D eigenvalue weighted by molar-refractivity contribution is -0.216. The molecule has 4 atom stereocenters. The summed E-state index contributed by atoms with van der Waals surface area (Å²) >= 11 is 0. The van der Waals surface area contributed by atoms with E-state index in [9.17, 15) is 29.4 Å². The molecule has 0 aromatic rings. The molecule has 1 rings (SSSR count).